The molecule has 20 heavy (non-hydrogen) atoms. The number of carbonyl (C=O) groups excluding carboxylic acids is 2. The molecule has 0 fully saturated rings. The van der Waals surface area contributed by atoms with E-state index >= 15 is 0 Å². The zero-order valence-electron chi connectivity index (χ0n) is 10.9. The molecule has 0 aliphatic rings. The first-order valence-corrected chi connectivity index (χ1v) is 5.39. The van der Waals surface area contributed by atoms with Gasteiger partial charge in [0.05, 0.1) is 0 Å². The van der Waals surface area contributed by atoms with Crippen molar-refractivity contribution >= 4 is 18.0 Å². The monoisotopic (exact) mass is 289 g/mol. The van der Waals surface area contributed by atoms with E-state index < -0.39 is 30.5 Å². The number of alkyl carbamates (subject to hydrolysis) is 1. The molecule has 1 atom stereocenters. The Morgan fingerprint density at radius 3 is 2.35 bits per heavy atom. The number of benzene rings is 1. The standard InChI is InChI=1S/C12H13NO6.Na/c14-10(15)6-9(11(16)17)13-12(18)19-7-8-4-2-1-3-5-8;/h1-5,9H,6-7H2,(H,13,18)(H,14,15)(H,16,17);/q;+1/p-1. The normalized spacial score (nSPS) is 10.8. The van der Waals surface area contributed by atoms with Crippen molar-refractivity contribution in [3.8, 4) is 0 Å². The van der Waals surface area contributed by atoms with Crippen LogP contribution >= 0.6 is 0 Å². The molecule has 1 unspecified atom stereocenters. The van der Waals surface area contributed by atoms with Crippen LogP contribution in [0.2, 0.25) is 0 Å². The number of aliphatic carboxylic acids is 2. The predicted octanol–water partition coefficient (Wildman–Crippen LogP) is -3.49. The molecule has 0 saturated carbocycles. The van der Waals surface area contributed by atoms with Crippen LogP contribution in [0, 0.1) is 0 Å². The Bertz CT molecular complexity index is 464. The van der Waals surface area contributed by atoms with Crippen molar-refractivity contribution in [1.82, 2.24) is 5.32 Å². The van der Waals surface area contributed by atoms with Crippen molar-refractivity contribution in [2.45, 2.75) is 19.1 Å². The van der Waals surface area contributed by atoms with Gasteiger partial charge in [-0.2, -0.15) is 0 Å². The summed E-state index contributed by atoms with van der Waals surface area (Å²) < 4.78 is 4.76. The summed E-state index contributed by atoms with van der Waals surface area (Å²) in [6, 6.07) is 7.18. The van der Waals surface area contributed by atoms with Crippen LogP contribution in [-0.2, 0) is 20.9 Å². The van der Waals surface area contributed by atoms with E-state index in [0.29, 0.717) is 0 Å². The Morgan fingerprint density at radius 2 is 1.85 bits per heavy atom. The molecule has 0 aromatic heterocycles. The Hall–Kier alpha value is -1.57. The van der Waals surface area contributed by atoms with E-state index in [9.17, 15) is 19.5 Å². The van der Waals surface area contributed by atoms with E-state index in [1.165, 1.54) is 0 Å². The summed E-state index contributed by atoms with van der Waals surface area (Å²) in [6.07, 6.45) is -1.83. The van der Waals surface area contributed by atoms with Gasteiger partial charge >= 0.3 is 41.6 Å². The molecule has 8 heteroatoms. The molecule has 0 spiro atoms. The topological polar surface area (TPSA) is 116 Å². The average Bonchev–Trinajstić information content (AvgIpc) is 2.36. The third-order valence-electron chi connectivity index (χ3n) is 2.17. The molecule has 1 aromatic carbocycles. The molecule has 0 radical (unpaired) electrons. The zero-order chi connectivity index (χ0) is 14.3. The summed E-state index contributed by atoms with van der Waals surface area (Å²) in [5.41, 5.74) is 0.726. The smallest absolute Gasteiger partial charge is 0.550 e. The maximum atomic E-state index is 11.3. The van der Waals surface area contributed by atoms with E-state index in [-0.39, 0.29) is 36.2 Å². The van der Waals surface area contributed by atoms with Gasteiger partial charge in [-0.3, -0.25) is 0 Å². The fraction of sp³-hybridized carbons (Fsp3) is 0.250. The van der Waals surface area contributed by atoms with Crippen molar-refractivity contribution in [3.05, 3.63) is 35.9 Å². The Morgan fingerprint density at radius 1 is 1.25 bits per heavy atom. The van der Waals surface area contributed by atoms with E-state index in [4.69, 9.17) is 9.84 Å². The van der Waals surface area contributed by atoms with Crippen LogP contribution in [0.4, 0.5) is 4.79 Å². The Balaban J connectivity index is 0.00000361. The molecule has 1 amide bonds. The number of hydrogen-bond donors (Lipinski definition) is 2. The van der Waals surface area contributed by atoms with E-state index in [0.717, 1.165) is 5.56 Å². The minimum Gasteiger partial charge on any atom is -0.550 e. The first kappa shape index (κ1) is 18.4. The van der Waals surface area contributed by atoms with Gasteiger partial charge in [-0.25, -0.2) is 9.59 Å². The fourth-order valence-corrected chi connectivity index (χ4v) is 1.27. The quantitative estimate of drug-likeness (QED) is 0.525. The molecule has 1 aromatic rings. The summed E-state index contributed by atoms with van der Waals surface area (Å²) in [6.45, 7) is -0.0374. The molecule has 0 bridgehead atoms. The molecule has 1 rings (SSSR count). The van der Waals surface area contributed by atoms with Gasteiger partial charge in [-0.15, -0.1) is 0 Å². The van der Waals surface area contributed by atoms with Gasteiger partial charge in [0.1, 0.15) is 12.6 Å². The molecule has 0 saturated heterocycles. The van der Waals surface area contributed by atoms with Crippen molar-refractivity contribution in [1.29, 1.82) is 0 Å². The molecule has 7 nitrogen and oxygen atoms in total. The average molecular weight is 289 g/mol. The molecular formula is C12H12NNaO6. The van der Waals surface area contributed by atoms with Crippen molar-refractivity contribution in [2.24, 2.45) is 0 Å². The summed E-state index contributed by atoms with van der Waals surface area (Å²) in [5.74, 6) is -3.04. The second-order valence-electron chi connectivity index (χ2n) is 3.67. The molecule has 0 aliphatic heterocycles. The van der Waals surface area contributed by atoms with Crippen LogP contribution in [0.5, 0.6) is 0 Å². The van der Waals surface area contributed by atoms with E-state index in [1.54, 1.807) is 30.3 Å². The van der Waals surface area contributed by atoms with Crippen molar-refractivity contribution in [3.63, 3.8) is 0 Å². The number of carbonyl (C=O) groups is 3. The second kappa shape index (κ2) is 9.35. The van der Waals surface area contributed by atoms with Crippen LogP contribution in [0.3, 0.4) is 0 Å². The maximum Gasteiger partial charge on any atom is 1.00 e. The number of amides is 1. The maximum absolute atomic E-state index is 11.3. The summed E-state index contributed by atoms with van der Waals surface area (Å²) in [4.78, 5) is 32.3. The first-order chi connectivity index (χ1) is 8.99. The van der Waals surface area contributed by atoms with Crippen LogP contribution in [-0.4, -0.2) is 29.2 Å². The molecular weight excluding hydrogens is 277 g/mol. The number of hydrogen-bond acceptors (Lipinski definition) is 5. The number of rotatable bonds is 6. The Kier molecular flexibility index (Phi) is 8.62. The third-order valence-corrected chi connectivity index (χ3v) is 2.17. The largest absolute Gasteiger partial charge is 1.00 e. The van der Waals surface area contributed by atoms with Gasteiger partial charge in [0.2, 0.25) is 0 Å². The zero-order valence-corrected chi connectivity index (χ0v) is 12.9. The number of carboxylic acids is 2. The van der Waals surface area contributed by atoms with Crippen LogP contribution in [0.25, 0.3) is 0 Å². The van der Waals surface area contributed by atoms with Gasteiger partial charge in [-0.1, -0.05) is 30.3 Å². The predicted molar refractivity (Wildman–Crippen MR) is 60.8 cm³/mol. The Labute approximate surface area is 137 Å². The van der Waals surface area contributed by atoms with Crippen molar-refractivity contribution in [2.75, 3.05) is 0 Å². The molecule has 0 heterocycles. The molecule has 102 valence electrons. The number of carboxylic acid groups (broad SMARTS) is 2. The minimum atomic E-state index is -1.58. The van der Waals surface area contributed by atoms with Crippen LogP contribution in [0.1, 0.15) is 12.0 Å². The number of nitrogens with one attached hydrogen (secondary N) is 1. The molecule has 0 aliphatic carbocycles. The van der Waals surface area contributed by atoms with Gasteiger partial charge in [0.15, 0.2) is 0 Å². The van der Waals surface area contributed by atoms with E-state index in [2.05, 4.69) is 0 Å². The van der Waals surface area contributed by atoms with Gasteiger partial charge in [0, 0.05) is 12.4 Å². The first-order valence-electron chi connectivity index (χ1n) is 5.39. The second-order valence-corrected chi connectivity index (χ2v) is 3.67. The van der Waals surface area contributed by atoms with Gasteiger partial charge in [0.25, 0.3) is 0 Å². The van der Waals surface area contributed by atoms with Crippen LogP contribution < -0.4 is 40.0 Å². The van der Waals surface area contributed by atoms with E-state index in [1.807, 2.05) is 5.32 Å². The van der Waals surface area contributed by atoms with Crippen LogP contribution in [0.15, 0.2) is 30.3 Å². The van der Waals surface area contributed by atoms with Crippen molar-refractivity contribution < 1.29 is 58.9 Å². The number of ether oxygens (including phenoxy) is 1. The van der Waals surface area contributed by atoms with Gasteiger partial charge < -0.3 is 25.1 Å². The summed E-state index contributed by atoms with van der Waals surface area (Å²) >= 11 is 0. The summed E-state index contributed by atoms with van der Waals surface area (Å²) in [5, 5.41) is 20.9. The molecule has 2 N–H and O–H groups in total. The minimum absolute atomic E-state index is 0. The fourth-order valence-electron chi connectivity index (χ4n) is 1.27. The third kappa shape index (κ3) is 7.13. The van der Waals surface area contributed by atoms with Gasteiger partial charge in [-0.05, 0) is 5.56 Å². The summed E-state index contributed by atoms with van der Waals surface area (Å²) in [7, 11) is 0. The SMILES string of the molecule is O=C([O-])CC(NC(=O)OCc1ccccc1)C(=O)O.[Na+].